The lowest BCUT2D eigenvalue weighted by Crippen LogP contribution is -2.25. The quantitative estimate of drug-likeness (QED) is 0.772. The van der Waals surface area contributed by atoms with Gasteiger partial charge in [-0.05, 0) is 25.8 Å². The number of nitrogens with zero attached hydrogens (tertiary/aromatic N) is 6. The number of aromatic nitrogens is 5. The monoisotopic (exact) mass is 332 g/mol. The lowest BCUT2D eigenvalue weighted by Gasteiger charge is -2.11. The van der Waals surface area contributed by atoms with Gasteiger partial charge in [-0.3, -0.25) is 9.48 Å². The second-order valence-electron chi connectivity index (χ2n) is 5.85. The van der Waals surface area contributed by atoms with Crippen LogP contribution in [0.1, 0.15) is 29.2 Å². The number of nitrogens with one attached hydrogen (secondary N) is 1. The molecular weight excluding hydrogens is 308 g/mol. The molecule has 0 bridgehead atoms. The van der Waals surface area contributed by atoms with E-state index in [1.54, 1.807) is 4.90 Å². The number of carbonyl (C=O) groups excluding carboxylic acids is 1. The predicted octanol–water partition coefficient (Wildman–Crippen LogP) is 0.119. The average molecular weight is 332 g/mol. The molecule has 0 saturated heterocycles. The van der Waals surface area contributed by atoms with E-state index in [0.29, 0.717) is 24.6 Å². The molecule has 130 valence electrons. The van der Waals surface area contributed by atoms with Crippen molar-refractivity contribution >= 4 is 17.8 Å². The Morgan fingerprint density at radius 3 is 2.54 bits per heavy atom. The predicted molar refractivity (Wildman–Crippen MR) is 91.4 cm³/mol. The molecule has 2 aromatic rings. The minimum atomic E-state index is -0.0666. The van der Waals surface area contributed by atoms with Gasteiger partial charge in [0.25, 0.3) is 0 Å². The summed E-state index contributed by atoms with van der Waals surface area (Å²) >= 11 is 0. The van der Waals surface area contributed by atoms with Gasteiger partial charge in [-0.25, -0.2) is 0 Å². The maximum absolute atomic E-state index is 12.1. The van der Waals surface area contributed by atoms with Crippen molar-refractivity contribution in [3.8, 4) is 0 Å². The molecule has 3 N–H and O–H groups in total. The minimum Gasteiger partial charge on any atom is -0.368 e. The van der Waals surface area contributed by atoms with Gasteiger partial charge in [0.2, 0.25) is 17.8 Å². The van der Waals surface area contributed by atoms with Gasteiger partial charge in [-0.2, -0.15) is 20.1 Å². The Kier molecular flexibility index (Phi) is 5.32. The SMILES string of the molecule is Cc1nn(C)c(C)c1CCC(=O)NCc1nc(N)nc(N(C)C)n1. The Morgan fingerprint density at radius 1 is 1.25 bits per heavy atom. The zero-order valence-corrected chi connectivity index (χ0v) is 14.8. The molecule has 0 radical (unpaired) electrons. The van der Waals surface area contributed by atoms with Crippen LogP contribution in [0, 0.1) is 13.8 Å². The molecule has 0 unspecified atom stereocenters. The molecule has 9 nitrogen and oxygen atoms in total. The summed E-state index contributed by atoms with van der Waals surface area (Å²) in [6, 6.07) is 0. The van der Waals surface area contributed by atoms with E-state index >= 15 is 0 Å². The summed E-state index contributed by atoms with van der Waals surface area (Å²) in [6.07, 6.45) is 1.04. The molecule has 0 fully saturated rings. The van der Waals surface area contributed by atoms with Crippen LogP contribution in [0.3, 0.4) is 0 Å². The van der Waals surface area contributed by atoms with Gasteiger partial charge in [0.05, 0.1) is 12.2 Å². The number of hydrogen-bond donors (Lipinski definition) is 2. The molecule has 0 aliphatic heterocycles. The first-order chi connectivity index (χ1) is 11.3. The molecule has 0 saturated carbocycles. The third kappa shape index (κ3) is 4.18. The van der Waals surface area contributed by atoms with Crippen LogP contribution < -0.4 is 16.0 Å². The van der Waals surface area contributed by atoms with Crippen LogP contribution in [0.15, 0.2) is 0 Å². The van der Waals surface area contributed by atoms with Crippen LogP contribution in [0.5, 0.6) is 0 Å². The zero-order valence-electron chi connectivity index (χ0n) is 14.8. The van der Waals surface area contributed by atoms with E-state index in [4.69, 9.17) is 5.73 Å². The average Bonchev–Trinajstić information content (AvgIpc) is 2.75. The Labute approximate surface area is 141 Å². The van der Waals surface area contributed by atoms with Gasteiger partial charge in [0, 0.05) is 33.3 Å². The molecule has 2 aromatic heterocycles. The molecule has 0 aliphatic carbocycles. The van der Waals surface area contributed by atoms with Gasteiger partial charge < -0.3 is 16.0 Å². The smallest absolute Gasteiger partial charge is 0.229 e. The molecule has 0 aromatic carbocycles. The largest absolute Gasteiger partial charge is 0.368 e. The number of rotatable bonds is 6. The highest BCUT2D eigenvalue weighted by Gasteiger charge is 2.12. The lowest BCUT2D eigenvalue weighted by atomic mass is 10.1. The van der Waals surface area contributed by atoms with E-state index in [-0.39, 0.29) is 18.4 Å². The van der Waals surface area contributed by atoms with Gasteiger partial charge >= 0.3 is 0 Å². The van der Waals surface area contributed by atoms with Crippen molar-refractivity contribution in [2.45, 2.75) is 33.2 Å². The van der Waals surface area contributed by atoms with Crippen molar-refractivity contribution in [2.24, 2.45) is 7.05 Å². The van der Waals surface area contributed by atoms with E-state index < -0.39 is 0 Å². The summed E-state index contributed by atoms with van der Waals surface area (Å²) < 4.78 is 1.83. The normalized spacial score (nSPS) is 10.7. The molecule has 0 atom stereocenters. The van der Waals surface area contributed by atoms with Crippen molar-refractivity contribution in [1.82, 2.24) is 30.0 Å². The Balaban J connectivity index is 1.92. The molecule has 2 rings (SSSR count). The van der Waals surface area contributed by atoms with E-state index in [1.165, 1.54) is 0 Å². The second kappa shape index (κ2) is 7.24. The van der Waals surface area contributed by atoms with E-state index in [1.807, 2.05) is 39.7 Å². The third-order valence-corrected chi connectivity index (χ3v) is 3.79. The Bertz CT molecular complexity index is 737. The fraction of sp³-hybridized carbons (Fsp3) is 0.533. The van der Waals surface area contributed by atoms with E-state index in [2.05, 4.69) is 25.4 Å². The fourth-order valence-electron chi connectivity index (χ4n) is 2.39. The van der Waals surface area contributed by atoms with Crippen molar-refractivity contribution in [2.75, 3.05) is 24.7 Å². The van der Waals surface area contributed by atoms with Crippen molar-refractivity contribution in [1.29, 1.82) is 0 Å². The molecule has 1 amide bonds. The lowest BCUT2D eigenvalue weighted by molar-refractivity contribution is -0.121. The number of carbonyl (C=O) groups is 1. The molecule has 9 heteroatoms. The standard InChI is InChI=1S/C15H24N8O/c1-9-11(10(2)23(5)21-9)6-7-13(24)17-8-12-18-14(16)20-15(19-12)22(3)4/h6-8H2,1-5H3,(H,17,24)(H2,16,18,19,20). The maximum atomic E-state index is 12.1. The summed E-state index contributed by atoms with van der Waals surface area (Å²) in [5.41, 5.74) is 8.83. The summed E-state index contributed by atoms with van der Waals surface area (Å²) in [5, 5.41) is 7.17. The highest BCUT2D eigenvalue weighted by molar-refractivity contribution is 5.76. The van der Waals surface area contributed by atoms with E-state index in [9.17, 15) is 4.79 Å². The topological polar surface area (TPSA) is 115 Å². The van der Waals surface area contributed by atoms with E-state index in [0.717, 1.165) is 17.0 Å². The first-order valence-electron chi connectivity index (χ1n) is 7.71. The van der Waals surface area contributed by atoms with Crippen molar-refractivity contribution < 1.29 is 4.79 Å². The molecule has 24 heavy (non-hydrogen) atoms. The Hall–Kier alpha value is -2.71. The van der Waals surface area contributed by atoms with Gasteiger partial charge in [-0.15, -0.1) is 0 Å². The van der Waals surface area contributed by atoms with Crippen LogP contribution >= 0.6 is 0 Å². The van der Waals surface area contributed by atoms with Crippen LogP contribution in [0.4, 0.5) is 11.9 Å². The highest BCUT2D eigenvalue weighted by atomic mass is 16.1. The van der Waals surface area contributed by atoms with Crippen LogP contribution in [-0.4, -0.2) is 44.7 Å². The van der Waals surface area contributed by atoms with Crippen LogP contribution in [-0.2, 0) is 24.8 Å². The molecule has 0 aliphatic rings. The van der Waals surface area contributed by atoms with Crippen LogP contribution in [0.2, 0.25) is 0 Å². The zero-order chi connectivity index (χ0) is 17.9. The van der Waals surface area contributed by atoms with Crippen molar-refractivity contribution in [3.63, 3.8) is 0 Å². The summed E-state index contributed by atoms with van der Waals surface area (Å²) in [6.45, 7) is 4.18. The van der Waals surface area contributed by atoms with Gasteiger partial charge in [0.1, 0.15) is 0 Å². The number of amides is 1. The number of hydrogen-bond acceptors (Lipinski definition) is 7. The number of nitrogens with two attached hydrogens (primary N) is 1. The van der Waals surface area contributed by atoms with Crippen molar-refractivity contribution in [3.05, 3.63) is 22.8 Å². The minimum absolute atomic E-state index is 0.0666. The number of nitrogen functional groups attached to an aromatic ring is 1. The summed E-state index contributed by atoms with van der Waals surface area (Å²) in [5.74, 6) is 0.976. The molecule has 0 spiro atoms. The number of aryl methyl sites for hydroxylation is 2. The third-order valence-electron chi connectivity index (χ3n) is 3.79. The maximum Gasteiger partial charge on any atom is 0.229 e. The molecule has 2 heterocycles. The number of anilines is 2. The molecular formula is C15H24N8O. The first-order valence-corrected chi connectivity index (χ1v) is 7.71. The van der Waals surface area contributed by atoms with Gasteiger partial charge in [-0.1, -0.05) is 0 Å². The highest BCUT2D eigenvalue weighted by Crippen LogP contribution is 2.14. The van der Waals surface area contributed by atoms with Crippen LogP contribution in [0.25, 0.3) is 0 Å². The second-order valence-corrected chi connectivity index (χ2v) is 5.85. The fourth-order valence-corrected chi connectivity index (χ4v) is 2.39. The van der Waals surface area contributed by atoms with Gasteiger partial charge in [0.15, 0.2) is 5.82 Å². The Morgan fingerprint density at radius 2 is 1.96 bits per heavy atom. The first kappa shape index (κ1) is 17.6. The summed E-state index contributed by atoms with van der Waals surface area (Å²) in [7, 11) is 5.53. The summed E-state index contributed by atoms with van der Waals surface area (Å²) in [4.78, 5) is 26.1.